The first kappa shape index (κ1) is 17.4. The monoisotopic (exact) mass is 332 g/mol. The van der Waals surface area contributed by atoms with Crippen molar-refractivity contribution in [1.82, 2.24) is 4.90 Å². The molecule has 1 heterocycles. The first-order valence-electron chi connectivity index (χ1n) is 7.93. The lowest BCUT2D eigenvalue weighted by molar-refractivity contribution is -0.143. The van der Waals surface area contributed by atoms with E-state index < -0.39 is 5.54 Å². The Hall–Kier alpha value is -0.920. The number of ketones is 1. The maximum absolute atomic E-state index is 12.2. The predicted octanol–water partition coefficient (Wildman–Crippen LogP) is 1.27. The molecule has 1 aliphatic rings. The van der Waals surface area contributed by atoms with Crippen LogP contribution in [0.3, 0.4) is 0 Å². The molecule has 22 heavy (non-hydrogen) atoms. The van der Waals surface area contributed by atoms with E-state index in [2.05, 4.69) is 0 Å². The van der Waals surface area contributed by atoms with E-state index >= 15 is 0 Å². The minimum Gasteiger partial charge on any atom is -0.378 e. The van der Waals surface area contributed by atoms with Gasteiger partial charge in [0.1, 0.15) is 6.61 Å². The molecule has 6 nitrogen and oxygen atoms in total. The van der Waals surface area contributed by atoms with Crippen molar-refractivity contribution in [3.05, 3.63) is 0 Å². The summed E-state index contributed by atoms with van der Waals surface area (Å²) in [6, 6.07) is 0. The molecule has 0 saturated carbocycles. The number of rotatable bonds is 9. The molecule has 7 heteroatoms. The van der Waals surface area contributed by atoms with E-state index in [0.717, 1.165) is 0 Å². The fourth-order valence-electron chi connectivity index (χ4n) is 2.09. The summed E-state index contributed by atoms with van der Waals surface area (Å²) in [6.07, 6.45) is 0.249. The summed E-state index contributed by atoms with van der Waals surface area (Å²) < 4.78 is 17.2. The maximum Gasteiger partial charge on any atom is 0.243 e. The van der Waals surface area contributed by atoms with Crippen molar-refractivity contribution in [2.45, 2.75) is 44.9 Å². The lowest BCUT2D eigenvalue weighted by atomic mass is 10.1. The zero-order valence-electron chi connectivity index (χ0n) is 14.4. The minimum atomic E-state index is -0.478. The Morgan fingerprint density at radius 3 is 2.59 bits per heavy atom. The minimum absolute atomic E-state index is 0.0526. The predicted molar refractivity (Wildman–Crippen MR) is 84.8 cm³/mol. The van der Waals surface area contributed by atoms with Crippen LogP contribution >= 0.6 is 11.8 Å². The van der Waals surface area contributed by atoms with Crippen molar-refractivity contribution >= 4 is 29.4 Å². The highest BCUT2D eigenvalue weighted by molar-refractivity contribution is 8.00. The van der Waals surface area contributed by atoms with Crippen molar-refractivity contribution in [1.29, 1.82) is 0 Å². The van der Waals surface area contributed by atoms with Crippen LogP contribution in [0, 0.1) is 0 Å². The molecule has 1 rings (SSSR count). The maximum atomic E-state index is 12.2. The molecular weight excluding hydrogens is 306 g/mol. The number of ether oxygens (including phenoxy) is 2. The van der Waals surface area contributed by atoms with Crippen molar-refractivity contribution in [3.63, 3.8) is 0 Å². The van der Waals surface area contributed by atoms with Crippen LogP contribution < -0.4 is 0 Å². The smallest absolute Gasteiger partial charge is 0.243 e. The molecule has 0 aromatic carbocycles. The fourth-order valence-corrected chi connectivity index (χ4v) is 3.10. The third kappa shape index (κ3) is 6.06. The van der Waals surface area contributed by atoms with Gasteiger partial charge in [-0.3, -0.25) is 19.3 Å². The summed E-state index contributed by atoms with van der Waals surface area (Å²) in [4.78, 5) is 36.3. The van der Waals surface area contributed by atoms with Crippen LogP contribution in [0.2, 0.25) is 0 Å². The van der Waals surface area contributed by atoms with Crippen LogP contribution in [0.1, 0.15) is 35.5 Å². The first-order chi connectivity index (χ1) is 10.8. The largest absolute Gasteiger partial charge is 0.378 e. The van der Waals surface area contributed by atoms with Gasteiger partial charge in [0.15, 0.2) is 5.78 Å². The second-order valence-electron chi connectivity index (χ2n) is 6.01. The van der Waals surface area contributed by atoms with Gasteiger partial charge in [-0.1, -0.05) is 0 Å². The average Bonchev–Trinajstić information content (AvgIpc) is 2.75. The zero-order valence-corrected chi connectivity index (χ0v) is 14.2. The molecule has 126 valence electrons. The molecule has 2 amide bonds. The van der Waals surface area contributed by atoms with Crippen molar-refractivity contribution in [3.8, 4) is 0 Å². The second-order valence-corrected chi connectivity index (χ2v) is 7.32. The lowest BCUT2D eigenvalue weighted by Gasteiger charge is -2.30. The third-order valence-electron chi connectivity index (χ3n) is 2.96. The average molecular weight is 332 g/mol. The summed E-state index contributed by atoms with van der Waals surface area (Å²) >= 11 is 1.43. The van der Waals surface area contributed by atoms with Crippen LogP contribution in [0.5, 0.6) is 0 Å². The molecule has 0 N–H and O–H groups in total. The Kier molecular flexibility index (Phi) is 6.85. The number of nitrogens with zero attached hydrogens (tertiary/aromatic N) is 1. The Labute approximate surface area is 137 Å². The molecular formula is C15H25NO5S. The molecule has 1 unspecified atom stereocenters. The molecule has 0 aromatic heterocycles. The highest BCUT2D eigenvalue weighted by Gasteiger charge is 2.43. The van der Waals surface area contributed by atoms with Gasteiger partial charge >= 0.3 is 0 Å². The SMILES string of the molecule is [2H]CC(=O)COCCOCCSC1CC(=O)N(C(C)(C)C)C1=O. The first-order valence-corrected chi connectivity index (χ1v) is 8.27. The van der Waals surface area contributed by atoms with E-state index in [1.807, 2.05) is 20.8 Å². The Balaban J connectivity index is 2.14. The number of imide groups is 1. The molecule has 1 saturated heterocycles. The summed E-state index contributed by atoms with van der Waals surface area (Å²) in [7, 11) is 0. The quantitative estimate of drug-likeness (QED) is 0.468. The standard InChI is InChI=1S/C15H25NO5S/c1-11(17)10-21-6-5-20-7-8-22-12-9-13(18)16(14(12)19)15(2,3)4/h12H,5-10H2,1-4H3/i1D. The van der Waals surface area contributed by atoms with Crippen molar-refractivity contribution in [2.24, 2.45) is 0 Å². The van der Waals surface area contributed by atoms with Gasteiger partial charge in [0.25, 0.3) is 0 Å². The van der Waals surface area contributed by atoms with Gasteiger partial charge in [-0.05, 0) is 27.7 Å². The van der Waals surface area contributed by atoms with E-state index in [4.69, 9.17) is 10.8 Å². The molecule has 1 fully saturated rings. The van der Waals surface area contributed by atoms with Gasteiger partial charge in [-0.25, -0.2) is 0 Å². The summed E-state index contributed by atoms with van der Waals surface area (Å²) in [5.74, 6) is 0.124. The summed E-state index contributed by atoms with van der Waals surface area (Å²) in [5.41, 5.74) is -0.478. The molecule has 0 radical (unpaired) electrons. The third-order valence-corrected chi connectivity index (χ3v) is 4.13. The summed E-state index contributed by atoms with van der Waals surface area (Å²) in [6.45, 7) is 6.35. The van der Waals surface area contributed by atoms with Gasteiger partial charge in [0.2, 0.25) is 11.8 Å². The fraction of sp³-hybridized carbons (Fsp3) is 0.800. The van der Waals surface area contributed by atoms with Crippen molar-refractivity contribution < 1.29 is 25.2 Å². The van der Waals surface area contributed by atoms with Crippen LogP contribution in [0.15, 0.2) is 0 Å². The Bertz CT molecular complexity index is 438. The molecule has 0 bridgehead atoms. The van der Waals surface area contributed by atoms with Gasteiger partial charge in [0, 0.05) is 19.1 Å². The van der Waals surface area contributed by atoms with E-state index in [1.54, 1.807) is 0 Å². The number of carbonyl (C=O) groups excluding carboxylic acids is 3. The number of hydrogen-bond donors (Lipinski definition) is 0. The van der Waals surface area contributed by atoms with Gasteiger partial charge in [-0.15, -0.1) is 11.8 Å². The van der Waals surface area contributed by atoms with E-state index in [0.29, 0.717) is 25.6 Å². The lowest BCUT2D eigenvalue weighted by Crippen LogP contribution is -2.45. The highest BCUT2D eigenvalue weighted by atomic mass is 32.2. The summed E-state index contributed by atoms with van der Waals surface area (Å²) in [5, 5.41) is -0.323. The van der Waals surface area contributed by atoms with Gasteiger partial charge in [-0.2, -0.15) is 0 Å². The molecule has 0 aromatic rings. The van der Waals surface area contributed by atoms with E-state index in [1.165, 1.54) is 16.7 Å². The number of carbonyl (C=O) groups is 3. The number of thioether (sulfide) groups is 1. The number of amides is 2. The van der Waals surface area contributed by atoms with E-state index in [9.17, 15) is 14.4 Å². The van der Waals surface area contributed by atoms with Gasteiger partial charge < -0.3 is 9.47 Å². The van der Waals surface area contributed by atoms with E-state index in [-0.39, 0.29) is 42.8 Å². The highest BCUT2D eigenvalue weighted by Crippen LogP contribution is 2.30. The molecule has 0 spiro atoms. The van der Waals surface area contributed by atoms with Crippen LogP contribution in [0.25, 0.3) is 0 Å². The normalized spacial score (nSPS) is 19.7. The van der Waals surface area contributed by atoms with Gasteiger partial charge in [0.05, 0.1) is 25.1 Å². The van der Waals surface area contributed by atoms with Crippen LogP contribution in [-0.2, 0) is 23.9 Å². The van der Waals surface area contributed by atoms with Crippen molar-refractivity contribution in [2.75, 3.05) is 32.2 Å². The number of likely N-dealkylation sites (tertiary alicyclic amines) is 1. The second kappa shape index (κ2) is 8.64. The van der Waals surface area contributed by atoms with Crippen LogP contribution in [0.4, 0.5) is 0 Å². The molecule has 1 aliphatic heterocycles. The zero-order chi connectivity index (χ0) is 17.5. The Morgan fingerprint density at radius 2 is 2.00 bits per heavy atom. The number of hydrogen-bond acceptors (Lipinski definition) is 6. The number of Topliss-reactive ketones (excluding diaryl/α,β-unsaturated/α-hetero) is 1. The Morgan fingerprint density at radius 1 is 1.32 bits per heavy atom. The topological polar surface area (TPSA) is 72.9 Å². The molecule has 0 aliphatic carbocycles. The molecule has 1 atom stereocenters. The van der Waals surface area contributed by atoms with Crippen LogP contribution in [-0.4, -0.2) is 65.5 Å².